The number of carbonyl (C=O) groups is 2. The topological polar surface area (TPSA) is 59.1 Å². The summed E-state index contributed by atoms with van der Waals surface area (Å²) >= 11 is 4.99. The lowest BCUT2D eigenvalue weighted by atomic mass is 10.1. The normalized spacial score (nSPS) is 11.8. The minimum Gasteiger partial charge on any atom is -0.454 e. The molecule has 170 valence electrons. The fraction of sp³-hybridized carbons (Fsp3) is 0.200. The second kappa shape index (κ2) is 10.7. The van der Waals surface area contributed by atoms with E-state index in [9.17, 15) is 9.59 Å². The van der Waals surface area contributed by atoms with Crippen molar-refractivity contribution in [2.45, 2.75) is 13.1 Å². The highest BCUT2D eigenvalue weighted by atomic mass is 79.9. The summed E-state index contributed by atoms with van der Waals surface area (Å²) in [6, 6.07) is 16.8. The van der Waals surface area contributed by atoms with E-state index in [0.717, 1.165) is 14.9 Å². The zero-order valence-corrected chi connectivity index (χ0v) is 20.3. The van der Waals surface area contributed by atoms with Crippen LogP contribution in [0.2, 0.25) is 0 Å². The lowest BCUT2D eigenvalue weighted by Crippen LogP contribution is -2.42. The van der Waals surface area contributed by atoms with E-state index >= 15 is 0 Å². The van der Waals surface area contributed by atoms with Crippen LogP contribution in [-0.4, -0.2) is 41.5 Å². The largest absolute Gasteiger partial charge is 0.454 e. The Morgan fingerprint density at radius 3 is 2.64 bits per heavy atom. The Bertz CT molecular complexity index is 1150. The van der Waals surface area contributed by atoms with Crippen molar-refractivity contribution in [3.63, 3.8) is 0 Å². The first-order chi connectivity index (χ1) is 16.0. The van der Waals surface area contributed by atoms with Crippen molar-refractivity contribution in [2.75, 3.05) is 19.9 Å². The molecule has 0 atom stereocenters. The van der Waals surface area contributed by atoms with Gasteiger partial charge in [0.05, 0.1) is 6.54 Å². The van der Waals surface area contributed by atoms with E-state index in [0.29, 0.717) is 30.2 Å². The van der Waals surface area contributed by atoms with Gasteiger partial charge in [0.25, 0.3) is 5.91 Å². The number of carbonyl (C=O) groups excluding carboxylic acids is 2. The van der Waals surface area contributed by atoms with E-state index in [1.165, 1.54) is 4.90 Å². The lowest BCUT2D eigenvalue weighted by molar-refractivity contribution is -0.133. The third-order valence-corrected chi connectivity index (χ3v) is 6.48. The quantitative estimate of drug-likeness (QED) is 0.364. The van der Waals surface area contributed by atoms with Gasteiger partial charge in [0.2, 0.25) is 12.7 Å². The Hall–Kier alpha value is -3.10. The Balaban J connectivity index is 1.53. The highest BCUT2D eigenvalue weighted by Crippen LogP contribution is 2.33. The summed E-state index contributed by atoms with van der Waals surface area (Å²) in [6.45, 7) is 5.02. The standard InChI is InChI=1S/C25H23BrN2O4S/c1-2-10-27(25(30)19-5-3-6-20(26)13-19)16-24(29)28(15-21-7-4-11-33-21)14-18-8-9-22-23(12-18)32-17-31-22/h2-9,11-13H,1,10,14-17H2. The first-order valence-electron chi connectivity index (χ1n) is 10.4. The number of hydrogen-bond donors (Lipinski definition) is 0. The summed E-state index contributed by atoms with van der Waals surface area (Å²) < 4.78 is 11.7. The van der Waals surface area contributed by atoms with E-state index in [1.807, 2.05) is 41.8 Å². The third-order valence-electron chi connectivity index (χ3n) is 5.12. The molecular weight excluding hydrogens is 504 g/mol. The molecule has 8 heteroatoms. The molecule has 0 saturated heterocycles. The zero-order chi connectivity index (χ0) is 23.2. The minimum absolute atomic E-state index is 0.0483. The van der Waals surface area contributed by atoms with Crippen LogP contribution in [0, 0.1) is 0 Å². The molecule has 0 spiro atoms. The summed E-state index contributed by atoms with van der Waals surface area (Å²) in [5, 5.41) is 1.99. The molecular formula is C25H23BrN2O4S. The molecule has 1 aliphatic rings. The van der Waals surface area contributed by atoms with Crippen molar-refractivity contribution in [3.05, 3.63) is 93.1 Å². The molecule has 0 N–H and O–H groups in total. The molecule has 0 radical (unpaired) electrons. The maximum atomic E-state index is 13.4. The number of rotatable bonds is 9. The summed E-state index contributed by atoms with van der Waals surface area (Å²) in [6.07, 6.45) is 1.63. The van der Waals surface area contributed by atoms with Crippen molar-refractivity contribution in [2.24, 2.45) is 0 Å². The predicted octanol–water partition coefficient (Wildman–Crippen LogP) is 5.10. The van der Waals surface area contributed by atoms with Crippen molar-refractivity contribution in [3.8, 4) is 11.5 Å². The molecule has 0 aliphatic carbocycles. The highest BCUT2D eigenvalue weighted by Gasteiger charge is 2.23. The van der Waals surface area contributed by atoms with Crippen LogP contribution in [0.1, 0.15) is 20.8 Å². The predicted molar refractivity (Wildman–Crippen MR) is 131 cm³/mol. The van der Waals surface area contributed by atoms with Gasteiger partial charge in [0.1, 0.15) is 6.54 Å². The van der Waals surface area contributed by atoms with Crippen LogP contribution in [0.4, 0.5) is 0 Å². The molecule has 0 saturated carbocycles. The van der Waals surface area contributed by atoms with Crippen LogP contribution in [0.3, 0.4) is 0 Å². The summed E-state index contributed by atoms with van der Waals surface area (Å²) in [4.78, 5) is 30.9. The van der Waals surface area contributed by atoms with Gasteiger partial charge in [-0.3, -0.25) is 9.59 Å². The monoisotopic (exact) mass is 526 g/mol. The van der Waals surface area contributed by atoms with Crippen LogP contribution < -0.4 is 9.47 Å². The molecule has 2 amide bonds. The van der Waals surface area contributed by atoms with E-state index in [-0.39, 0.29) is 31.7 Å². The number of fused-ring (bicyclic) bond motifs is 1. The first-order valence-corrected chi connectivity index (χ1v) is 12.0. The zero-order valence-electron chi connectivity index (χ0n) is 17.9. The van der Waals surface area contributed by atoms with Crippen molar-refractivity contribution in [1.82, 2.24) is 9.80 Å². The molecule has 0 fully saturated rings. The van der Waals surface area contributed by atoms with E-state index in [1.54, 1.807) is 40.5 Å². The SMILES string of the molecule is C=CCN(CC(=O)N(Cc1ccc2c(c1)OCO2)Cc1cccs1)C(=O)c1cccc(Br)c1. The van der Waals surface area contributed by atoms with Crippen LogP contribution in [-0.2, 0) is 17.9 Å². The average Bonchev–Trinajstić information content (AvgIpc) is 3.49. The van der Waals surface area contributed by atoms with Crippen LogP contribution in [0.25, 0.3) is 0 Å². The van der Waals surface area contributed by atoms with Gasteiger partial charge in [-0.05, 0) is 47.3 Å². The van der Waals surface area contributed by atoms with Crippen molar-refractivity contribution < 1.29 is 19.1 Å². The number of amides is 2. The van der Waals surface area contributed by atoms with E-state index in [2.05, 4.69) is 22.5 Å². The molecule has 2 heterocycles. The molecule has 1 aromatic heterocycles. The lowest BCUT2D eigenvalue weighted by Gasteiger charge is -2.27. The van der Waals surface area contributed by atoms with Gasteiger partial charge < -0.3 is 19.3 Å². The third kappa shape index (κ3) is 5.83. The Morgan fingerprint density at radius 1 is 1.03 bits per heavy atom. The second-order valence-corrected chi connectivity index (χ2v) is 9.45. The average molecular weight is 527 g/mol. The van der Waals surface area contributed by atoms with Crippen LogP contribution in [0.5, 0.6) is 11.5 Å². The molecule has 2 aromatic carbocycles. The number of halogens is 1. The molecule has 4 rings (SSSR count). The number of benzene rings is 2. The molecule has 0 unspecified atom stereocenters. The first kappa shape index (κ1) is 23.1. The van der Waals surface area contributed by atoms with Gasteiger partial charge in [-0.2, -0.15) is 0 Å². The Morgan fingerprint density at radius 2 is 1.88 bits per heavy atom. The molecule has 1 aliphatic heterocycles. The fourth-order valence-corrected chi connectivity index (χ4v) is 4.64. The summed E-state index contributed by atoms with van der Waals surface area (Å²) in [5.41, 5.74) is 1.44. The maximum Gasteiger partial charge on any atom is 0.254 e. The summed E-state index contributed by atoms with van der Waals surface area (Å²) in [5.74, 6) is 1.01. The second-order valence-electron chi connectivity index (χ2n) is 7.50. The summed E-state index contributed by atoms with van der Waals surface area (Å²) in [7, 11) is 0. The minimum atomic E-state index is -0.219. The molecule has 3 aromatic rings. The van der Waals surface area contributed by atoms with Gasteiger partial charge in [0, 0.05) is 28.0 Å². The van der Waals surface area contributed by atoms with E-state index < -0.39 is 0 Å². The number of nitrogens with zero attached hydrogens (tertiary/aromatic N) is 2. The van der Waals surface area contributed by atoms with Gasteiger partial charge in [0.15, 0.2) is 11.5 Å². The molecule has 6 nitrogen and oxygen atoms in total. The van der Waals surface area contributed by atoms with Gasteiger partial charge >= 0.3 is 0 Å². The fourth-order valence-electron chi connectivity index (χ4n) is 3.53. The Kier molecular flexibility index (Phi) is 7.47. The van der Waals surface area contributed by atoms with Gasteiger partial charge in [-0.15, -0.1) is 17.9 Å². The number of hydrogen-bond acceptors (Lipinski definition) is 5. The van der Waals surface area contributed by atoms with Crippen LogP contribution >= 0.6 is 27.3 Å². The maximum absolute atomic E-state index is 13.4. The van der Waals surface area contributed by atoms with Crippen molar-refractivity contribution >= 4 is 39.1 Å². The van der Waals surface area contributed by atoms with Crippen molar-refractivity contribution in [1.29, 1.82) is 0 Å². The van der Waals surface area contributed by atoms with E-state index in [4.69, 9.17) is 9.47 Å². The smallest absolute Gasteiger partial charge is 0.254 e. The number of ether oxygens (including phenoxy) is 2. The van der Waals surface area contributed by atoms with Gasteiger partial charge in [-0.1, -0.05) is 40.2 Å². The molecule has 33 heavy (non-hydrogen) atoms. The highest BCUT2D eigenvalue weighted by molar-refractivity contribution is 9.10. The Labute approximate surface area is 205 Å². The number of thiophene rings is 1. The molecule has 0 bridgehead atoms. The van der Waals surface area contributed by atoms with Crippen LogP contribution in [0.15, 0.2) is 77.1 Å². The van der Waals surface area contributed by atoms with Gasteiger partial charge in [-0.25, -0.2) is 0 Å².